The largest absolute Gasteiger partial charge is 0.361 e. The molecule has 0 atom stereocenters. The molecule has 1 aromatic heterocycles. The zero-order chi connectivity index (χ0) is 15.3. The molecule has 6 nitrogen and oxygen atoms in total. The van der Waals surface area contributed by atoms with Crippen LogP contribution in [0.15, 0.2) is 39.8 Å². The van der Waals surface area contributed by atoms with Crippen LogP contribution in [-0.2, 0) is 23.0 Å². The standard InChI is InChI=1S/C14H19N3O3S/c1-11-9-13(17-20-11)10-16-21(18,19)14-6-4-12(5-7-14)3-2-8-15/h4-7,9,16H,2-3,8,10,15H2,1H3. The molecule has 0 spiro atoms. The predicted octanol–water partition coefficient (Wildman–Crippen LogP) is 1.35. The van der Waals surface area contributed by atoms with Crippen LogP contribution in [0, 0.1) is 6.92 Å². The van der Waals surface area contributed by atoms with Crippen LogP contribution in [0.3, 0.4) is 0 Å². The van der Waals surface area contributed by atoms with Crippen LogP contribution in [-0.4, -0.2) is 20.1 Å². The van der Waals surface area contributed by atoms with E-state index in [0.29, 0.717) is 18.0 Å². The Morgan fingerprint density at radius 2 is 2.00 bits per heavy atom. The minimum atomic E-state index is -3.54. The van der Waals surface area contributed by atoms with Gasteiger partial charge in [0.05, 0.1) is 17.1 Å². The third kappa shape index (κ3) is 4.38. The molecule has 0 saturated carbocycles. The van der Waals surface area contributed by atoms with Gasteiger partial charge < -0.3 is 10.3 Å². The molecule has 0 radical (unpaired) electrons. The maximum atomic E-state index is 12.1. The van der Waals surface area contributed by atoms with E-state index in [-0.39, 0.29) is 11.4 Å². The summed E-state index contributed by atoms with van der Waals surface area (Å²) in [5.74, 6) is 0.647. The van der Waals surface area contributed by atoms with Crippen molar-refractivity contribution in [1.29, 1.82) is 0 Å². The van der Waals surface area contributed by atoms with E-state index in [9.17, 15) is 8.42 Å². The molecule has 0 unspecified atom stereocenters. The Kier molecular flexibility index (Phi) is 5.11. The lowest BCUT2D eigenvalue weighted by Gasteiger charge is -2.06. The molecular formula is C14H19N3O3S. The van der Waals surface area contributed by atoms with Crippen LogP contribution in [0.4, 0.5) is 0 Å². The Balaban J connectivity index is 2.01. The zero-order valence-electron chi connectivity index (χ0n) is 11.9. The highest BCUT2D eigenvalue weighted by Crippen LogP contribution is 2.12. The molecule has 0 aliphatic heterocycles. The normalized spacial score (nSPS) is 11.7. The summed E-state index contributed by atoms with van der Waals surface area (Å²) < 4.78 is 31.7. The van der Waals surface area contributed by atoms with Crippen molar-refractivity contribution in [3.05, 3.63) is 47.3 Å². The van der Waals surface area contributed by atoms with Crippen LogP contribution < -0.4 is 10.5 Å². The van der Waals surface area contributed by atoms with Gasteiger partial charge in [-0.25, -0.2) is 13.1 Å². The van der Waals surface area contributed by atoms with E-state index in [2.05, 4.69) is 9.88 Å². The van der Waals surface area contributed by atoms with Crippen LogP contribution in [0.1, 0.15) is 23.4 Å². The smallest absolute Gasteiger partial charge is 0.240 e. The minimum Gasteiger partial charge on any atom is -0.361 e. The van der Waals surface area contributed by atoms with E-state index in [1.54, 1.807) is 25.1 Å². The lowest BCUT2D eigenvalue weighted by molar-refractivity contribution is 0.390. The fourth-order valence-electron chi connectivity index (χ4n) is 1.90. The SMILES string of the molecule is Cc1cc(CNS(=O)(=O)c2ccc(CCCN)cc2)no1. The van der Waals surface area contributed by atoms with Gasteiger partial charge in [0.15, 0.2) is 0 Å². The maximum absolute atomic E-state index is 12.1. The van der Waals surface area contributed by atoms with Gasteiger partial charge in [-0.2, -0.15) is 0 Å². The van der Waals surface area contributed by atoms with Gasteiger partial charge in [0, 0.05) is 6.07 Å². The van der Waals surface area contributed by atoms with Gasteiger partial charge in [0.1, 0.15) is 5.76 Å². The van der Waals surface area contributed by atoms with Gasteiger partial charge >= 0.3 is 0 Å². The molecule has 2 aromatic rings. The third-order valence-corrected chi connectivity index (χ3v) is 4.44. The molecule has 0 aliphatic rings. The van der Waals surface area contributed by atoms with Gasteiger partial charge in [-0.1, -0.05) is 17.3 Å². The first-order valence-corrected chi connectivity index (χ1v) is 8.20. The quantitative estimate of drug-likeness (QED) is 0.804. The first-order valence-electron chi connectivity index (χ1n) is 6.72. The highest BCUT2D eigenvalue weighted by atomic mass is 32.2. The number of rotatable bonds is 7. The first kappa shape index (κ1) is 15.7. The van der Waals surface area contributed by atoms with Crippen molar-refractivity contribution in [3.8, 4) is 0 Å². The van der Waals surface area contributed by atoms with E-state index in [1.807, 2.05) is 12.1 Å². The molecule has 21 heavy (non-hydrogen) atoms. The molecule has 0 amide bonds. The molecule has 1 heterocycles. The van der Waals surface area contributed by atoms with Crippen molar-refractivity contribution >= 4 is 10.0 Å². The lowest BCUT2D eigenvalue weighted by Crippen LogP contribution is -2.23. The lowest BCUT2D eigenvalue weighted by atomic mass is 10.1. The van der Waals surface area contributed by atoms with E-state index < -0.39 is 10.0 Å². The number of nitrogens with one attached hydrogen (secondary N) is 1. The van der Waals surface area contributed by atoms with Crippen molar-refractivity contribution in [2.45, 2.75) is 31.2 Å². The van der Waals surface area contributed by atoms with Crippen LogP contribution >= 0.6 is 0 Å². The number of sulfonamides is 1. The van der Waals surface area contributed by atoms with Gasteiger partial charge in [-0.3, -0.25) is 0 Å². The van der Waals surface area contributed by atoms with Gasteiger partial charge in [-0.05, 0) is 44.0 Å². The van der Waals surface area contributed by atoms with E-state index in [0.717, 1.165) is 18.4 Å². The van der Waals surface area contributed by atoms with E-state index in [4.69, 9.17) is 10.3 Å². The van der Waals surface area contributed by atoms with Crippen molar-refractivity contribution in [3.63, 3.8) is 0 Å². The molecule has 0 bridgehead atoms. The van der Waals surface area contributed by atoms with E-state index >= 15 is 0 Å². The second kappa shape index (κ2) is 6.84. The summed E-state index contributed by atoms with van der Waals surface area (Å²) in [6.07, 6.45) is 1.73. The number of hydrogen-bond acceptors (Lipinski definition) is 5. The van der Waals surface area contributed by atoms with Gasteiger partial charge in [0.25, 0.3) is 0 Å². The highest BCUT2D eigenvalue weighted by molar-refractivity contribution is 7.89. The van der Waals surface area contributed by atoms with Crippen molar-refractivity contribution in [1.82, 2.24) is 9.88 Å². The predicted molar refractivity (Wildman–Crippen MR) is 79.1 cm³/mol. The summed E-state index contributed by atoms with van der Waals surface area (Å²) >= 11 is 0. The summed E-state index contributed by atoms with van der Waals surface area (Å²) in [5, 5.41) is 3.75. The summed E-state index contributed by atoms with van der Waals surface area (Å²) in [4.78, 5) is 0.235. The number of aryl methyl sites for hydroxylation is 2. The van der Waals surface area contributed by atoms with Crippen molar-refractivity contribution < 1.29 is 12.9 Å². The molecule has 0 aliphatic carbocycles. The number of nitrogens with zero attached hydrogens (tertiary/aromatic N) is 1. The number of nitrogens with two attached hydrogens (primary N) is 1. The zero-order valence-corrected chi connectivity index (χ0v) is 12.7. The number of aromatic nitrogens is 1. The molecule has 7 heteroatoms. The topological polar surface area (TPSA) is 98.2 Å². The maximum Gasteiger partial charge on any atom is 0.240 e. The molecular weight excluding hydrogens is 290 g/mol. The van der Waals surface area contributed by atoms with Gasteiger partial charge in [-0.15, -0.1) is 0 Å². The summed E-state index contributed by atoms with van der Waals surface area (Å²) in [7, 11) is -3.54. The molecule has 0 saturated heterocycles. The summed E-state index contributed by atoms with van der Waals surface area (Å²) in [6, 6.07) is 8.51. The first-order chi connectivity index (χ1) is 10.0. The number of benzene rings is 1. The third-order valence-electron chi connectivity index (χ3n) is 3.02. The Labute approximate surface area is 124 Å². The second-order valence-corrected chi connectivity index (χ2v) is 6.56. The average molecular weight is 309 g/mol. The Hall–Kier alpha value is -1.70. The monoisotopic (exact) mass is 309 g/mol. The molecule has 0 fully saturated rings. The van der Waals surface area contributed by atoms with Crippen LogP contribution in [0.5, 0.6) is 0 Å². The molecule has 3 N–H and O–H groups in total. The van der Waals surface area contributed by atoms with Gasteiger partial charge in [0.2, 0.25) is 10.0 Å². The molecule has 114 valence electrons. The minimum absolute atomic E-state index is 0.106. The Morgan fingerprint density at radius 3 is 2.57 bits per heavy atom. The van der Waals surface area contributed by atoms with E-state index in [1.165, 1.54) is 0 Å². The van der Waals surface area contributed by atoms with Crippen LogP contribution in [0.2, 0.25) is 0 Å². The Bertz CT molecular complexity index is 678. The Morgan fingerprint density at radius 1 is 1.29 bits per heavy atom. The van der Waals surface area contributed by atoms with Crippen molar-refractivity contribution in [2.24, 2.45) is 5.73 Å². The van der Waals surface area contributed by atoms with Crippen LogP contribution in [0.25, 0.3) is 0 Å². The molecule has 1 aromatic carbocycles. The fourth-order valence-corrected chi connectivity index (χ4v) is 2.89. The van der Waals surface area contributed by atoms with Crippen molar-refractivity contribution in [2.75, 3.05) is 6.54 Å². The average Bonchev–Trinajstić information content (AvgIpc) is 2.89. The summed E-state index contributed by atoms with van der Waals surface area (Å²) in [6.45, 7) is 2.48. The summed E-state index contributed by atoms with van der Waals surface area (Å²) in [5.41, 5.74) is 7.08. The number of hydrogen-bond donors (Lipinski definition) is 2. The second-order valence-electron chi connectivity index (χ2n) is 4.79. The fraction of sp³-hybridized carbons (Fsp3) is 0.357. The highest BCUT2D eigenvalue weighted by Gasteiger charge is 2.14. The molecule has 2 rings (SSSR count).